The summed E-state index contributed by atoms with van der Waals surface area (Å²) >= 11 is 5.31. The second-order valence-electron chi connectivity index (χ2n) is 5.62. The Kier molecular flexibility index (Phi) is 6.56. The molecule has 0 saturated heterocycles. The summed E-state index contributed by atoms with van der Waals surface area (Å²) in [6.07, 6.45) is 6.82. The number of nitrogens with one attached hydrogen (secondary N) is 1. The van der Waals surface area contributed by atoms with Crippen molar-refractivity contribution in [1.82, 2.24) is 5.32 Å². The first-order chi connectivity index (χ1) is 9.76. The number of hydrogen-bond acceptors (Lipinski definition) is 2. The largest absolute Gasteiger partial charge is 0.355 e. The molecule has 20 heavy (non-hydrogen) atoms. The zero-order valence-corrected chi connectivity index (χ0v) is 14.6. The molecule has 2 atom stereocenters. The molecule has 2 unspecified atom stereocenters. The van der Waals surface area contributed by atoms with Crippen LogP contribution in [0.2, 0.25) is 0 Å². The smallest absolute Gasteiger partial charge is 0.227 e. The van der Waals surface area contributed by atoms with Crippen molar-refractivity contribution in [2.45, 2.75) is 51.4 Å². The number of alkyl halides is 1. The molecule has 4 heteroatoms. The van der Waals surface area contributed by atoms with E-state index in [1.54, 1.807) is 11.3 Å². The summed E-state index contributed by atoms with van der Waals surface area (Å²) in [5.74, 6) is 0.935. The molecule has 0 radical (unpaired) electrons. The van der Waals surface area contributed by atoms with Gasteiger partial charge >= 0.3 is 0 Å². The maximum Gasteiger partial charge on any atom is 0.227 e. The Morgan fingerprint density at radius 2 is 2.40 bits per heavy atom. The van der Waals surface area contributed by atoms with Crippen LogP contribution in [-0.2, 0) is 11.2 Å². The fourth-order valence-corrected chi connectivity index (χ4v) is 4.67. The second-order valence-corrected chi connectivity index (χ2v) is 7.42. The van der Waals surface area contributed by atoms with E-state index in [9.17, 15) is 4.79 Å². The Morgan fingerprint density at radius 3 is 3.15 bits per heavy atom. The van der Waals surface area contributed by atoms with Crippen molar-refractivity contribution >= 4 is 33.2 Å². The normalized spacial score (nSPS) is 19.4. The average Bonchev–Trinajstić information content (AvgIpc) is 2.93. The fourth-order valence-electron chi connectivity index (χ4n) is 3.04. The molecule has 1 amide bonds. The highest BCUT2D eigenvalue weighted by Crippen LogP contribution is 2.35. The molecule has 1 heterocycles. The van der Waals surface area contributed by atoms with Crippen LogP contribution in [0, 0.1) is 5.92 Å². The minimum absolute atomic E-state index is 0.0937. The third-order valence-corrected chi connectivity index (χ3v) is 5.60. The number of fused-ring (bicyclic) bond motifs is 1. The van der Waals surface area contributed by atoms with E-state index in [2.05, 4.69) is 39.6 Å². The number of thiophene rings is 1. The topological polar surface area (TPSA) is 29.1 Å². The summed E-state index contributed by atoms with van der Waals surface area (Å²) in [6, 6.07) is 2.14. The summed E-state index contributed by atoms with van der Waals surface area (Å²) in [5, 5.41) is 6.34. The Bertz CT molecular complexity index is 426. The quantitative estimate of drug-likeness (QED) is 0.715. The van der Waals surface area contributed by atoms with Gasteiger partial charge < -0.3 is 5.32 Å². The van der Waals surface area contributed by atoms with Crippen LogP contribution in [0.5, 0.6) is 0 Å². The Hall–Kier alpha value is -0.350. The third kappa shape index (κ3) is 4.08. The van der Waals surface area contributed by atoms with Crippen LogP contribution >= 0.6 is 27.3 Å². The third-order valence-electron chi connectivity index (χ3n) is 4.15. The molecule has 0 aliphatic heterocycles. The van der Waals surface area contributed by atoms with Crippen molar-refractivity contribution in [2.24, 2.45) is 5.92 Å². The molecule has 1 aromatic rings. The van der Waals surface area contributed by atoms with E-state index in [0.717, 1.165) is 37.6 Å². The predicted molar refractivity (Wildman–Crippen MR) is 89.8 cm³/mol. The average molecular weight is 358 g/mol. The lowest BCUT2D eigenvalue weighted by Gasteiger charge is -2.23. The summed E-state index contributed by atoms with van der Waals surface area (Å²) in [6.45, 7) is 3.04. The molecule has 1 aliphatic rings. The first kappa shape index (κ1) is 16.0. The van der Waals surface area contributed by atoms with Crippen LogP contribution < -0.4 is 5.32 Å². The van der Waals surface area contributed by atoms with E-state index in [0.29, 0.717) is 5.92 Å². The molecule has 1 aliphatic carbocycles. The number of halogens is 1. The van der Waals surface area contributed by atoms with Gasteiger partial charge in [-0.15, -0.1) is 11.3 Å². The van der Waals surface area contributed by atoms with E-state index < -0.39 is 0 Å². The highest BCUT2D eigenvalue weighted by molar-refractivity contribution is 9.09. The van der Waals surface area contributed by atoms with Gasteiger partial charge in [-0.05, 0) is 55.0 Å². The highest BCUT2D eigenvalue weighted by Gasteiger charge is 2.27. The van der Waals surface area contributed by atoms with Crippen LogP contribution in [0.3, 0.4) is 0 Å². The summed E-state index contributed by atoms with van der Waals surface area (Å²) in [7, 11) is 0. The first-order valence-electron chi connectivity index (χ1n) is 7.66. The molecule has 2 rings (SSSR count). The van der Waals surface area contributed by atoms with E-state index in [-0.39, 0.29) is 11.8 Å². The van der Waals surface area contributed by atoms with Gasteiger partial charge in [0.2, 0.25) is 5.91 Å². The number of hydrogen-bond donors (Lipinski definition) is 1. The molecule has 0 bridgehead atoms. The first-order valence-corrected chi connectivity index (χ1v) is 9.66. The standard InChI is InChI=1S/C16H24BrNOS/c1-2-4-12(7-9-17)11-18-16(19)14-5-3-6-15-13(14)8-10-20-15/h8,10,12,14H,2-7,9,11H2,1H3,(H,18,19). The van der Waals surface area contributed by atoms with Gasteiger partial charge in [0.25, 0.3) is 0 Å². The van der Waals surface area contributed by atoms with Crippen LogP contribution in [0.15, 0.2) is 11.4 Å². The van der Waals surface area contributed by atoms with Gasteiger partial charge in [-0.25, -0.2) is 0 Å². The second kappa shape index (κ2) is 8.18. The predicted octanol–water partition coefficient (Wildman–Crippen LogP) is 4.49. The van der Waals surface area contributed by atoms with Crippen LogP contribution in [0.4, 0.5) is 0 Å². The van der Waals surface area contributed by atoms with Crippen LogP contribution in [0.25, 0.3) is 0 Å². The van der Waals surface area contributed by atoms with E-state index >= 15 is 0 Å². The van der Waals surface area contributed by atoms with Crippen molar-refractivity contribution < 1.29 is 4.79 Å². The maximum absolute atomic E-state index is 12.5. The van der Waals surface area contributed by atoms with Crippen molar-refractivity contribution in [3.63, 3.8) is 0 Å². The van der Waals surface area contributed by atoms with E-state index in [1.807, 2.05) is 0 Å². The molecule has 0 aromatic carbocycles. The van der Waals surface area contributed by atoms with Crippen molar-refractivity contribution in [3.05, 3.63) is 21.9 Å². The number of amides is 1. The van der Waals surface area contributed by atoms with Crippen LogP contribution in [0.1, 0.15) is 55.4 Å². The molecular weight excluding hydrogens is 334 g/mol. The monoisotopic (exact) mass is 357 g/mol. The van der Waals surface area contributed by atoms with Gasteiger partial charge in [-0.1, -0.05) is 29.3 Å². The van der Waals surface area contributed by atoms with E-state index in [4.69, 9.17) is 0 Å². The van der Waals surface area contributed by atoms with Gasteiger partial charge in [0.1, 0.15) is 0 Å². The number of aryl methyl sites for hydroxylation is 1. The van der Waals surface area contributed by atoms with Gasteiger partial charge in [0.15, 0.2) is 0 Å². The van der Waals surface area contributed by atoms with Gasteiger partial charge in [0.05, 0.1) is 5.92 Å². The summed E-state index contributed by atoms with van der Waals surface area (Å²) in [4.78, 5) is 13.9. The van der Waals surface area contributed by atoms with Gasteiger partial charge in [-0.2, -0.15) is 0 Å². The van der Waals surface area contributed by atoms with Crippen LogP contribution in [-0.4, -0.2) is 17.8 Å². The van der Waals surface area contributed by atoms with Crippen molar-refractivity contribution in [2.75, 3.05) is 11.9 Å². The Labute approximate surface area is 134 Å². The SMILES string of the molecule is CCCC(CCBr)CNC(=O)C1CCCc2sccc21. The van der Waals surface area contributed by atoms with E-state index in [1.165, 1.54) is 23.3 Å². The van der Waals surface area contributed by atoms with Gasteiger partial charge in [0, 0.05) is 16.8 Å². The van der Waals surface area contributed by atoms with Gasteiger partial charge in [-0.3, -0.25) is 4.79 Å². The molecule has 0 fully saturated rings. The molecule has 0 saturated carbocycles. The zero-order valence-electron chi connectivity index (χ0n) is 12.2. The van der Waals surface area contributed by atoms with Crippen molar-refractivity contribution in [1.29, 1.82) is 0 Å². The number of rotatable bonds is 7. The minimum atomic E-state index is 0.0937. The molecular formula is C16H24BrNOS. The zero-order chi connectivity index (χ0) is 14.4. The summed E-state index contributed by atoms with van der Waals surface area (Å²) in [5.41, 5.74) is 1.28. The molecule has 2 nitrogen and oxygen atoms in total. The maximum atomic E-state index is 12.5. The fraction of sp³-hybridized carbons (Fsp3) is 0.688. The Morgan fingerprint density at radius 1 is 1.55 bits per heavy atom. The lowest BCUT2D eigenvalue weighted by atomic mass is 9.87. The Balaban J connectivity index is 1.89. The van der Waals surface area contributed by atoms with Crippen molar-refractivity contribution in [3.8, 4) is 0 Å². The summed E-state index contributed by atoms with van der Waals surface area (Å²) < 4.78 is 0. The lowest BCUT2D eigenvalue weighted by Crippen LogP contribution is -2.34. The lowest BCUT2D eigenvalue weighted by molar-refractivity contribution is -0.123. The number of carbonyl (C=O) groups is 1. The minimum Gasteiger partial charge on any atom is -0.355 e. The molecule has 1 aromatic heterocycles. The highest BCUT2D eigenvalue weighted by atomic mass is 79.9. The molecule has 1 N–H and O–H groups in total. The molecule has 0 spiro atoms. The number of carbonyl (C=O) groups excluding carboxylic acids is 1. The molecule has 112 valence electrons.